The molecule has 0 saturated carbocycles. The molecule has 0 fully saturated rings. The highest BCUT2D eigenvalue weighted by Crippen LogP contribution is 2.23. The molecule has 0 aliphatic rings. The van der Waals surface area contributed by atoms with Crippen LogP contribution in [-0.2, 0) is 0 Å². The summed E-state index contributed by atoms with van der Waals surface area (Å²) in [5, 5.41) is 1.11. The van der Waals surface area contributed by atoms with Crippen molar-refractivity contribution in [1.29, 1.82) is 0 Å². The second kappa shape index (κ2) is 5.92. The standard InChI is InChI=1S/C14H17NOS/c1-2-11(10-17)9-16-13-7-3-5-12-6-4-8-15-14(12)13/h3-8,11,17H,2,9-10H2,1H3. The van der Waals surface area contributed by atoms with Gasteiger partial charge in [-0.2, -0.15) is 12.6 Å². The van der Waals surface area contributed by atoms with E-state index < -0.39 is 0 Å². The molecule has 1 aromatic carbocycles. The summed E-state index contributed by atoms with van der Waals surface area (Å²) in [6.45, 7) is 2.86. The van der Waals surface area contributed by atoms with Gasteiger partial charge >= 0.3 is 0 Å². The molecule has 1 aromatic heterocycles. The van der Waals surface area contributed by atoms with Crippen LogP contribution < -0.4 is 4.74 Å². The van der Waals surface area contributed by atoms with Gasteiger partial charge in [-0.1, -0.05) is 25.1 Å². The minimum atomic E-state index is 0.498. The van der Waals surface area contributed by atoms with Crippen molar-refractivity contribution in [2.24, 2.45) is 5.92 Å². The highest BCUT2D eigenvalue weighted by Gasteiger charge is 2.07. The number of thiol groups is 1. The first-order valence-corrected chi connectivity index (χ1v) is 6.55. The van der Waals surface area contributed by atoms with Crippen molar-refractivity contribution in [3.8, 4) is 5.75 Å². The fourth-order valence-corrected chi connectivity index (χ4v) is 2.06. The fraction of sp³-hybridized carbons (Fsp3) is 0.357. The zero-order chi connectivity index (χ0) is 12.1. The SMILES string of the molecule is CCC(CS)COc1cccc2cccnc12. The molecule has 90 valence electrons. The summed E-state index contributed by atoms with van der Waals surface area (Å²) < 4.78 is 5.85. The van der Waals surface area contributed by atoms with E-state index in [9.17, 15) is 0 Å². The summed E-state index contributed by atoms with van der Waals surface area (Å²) >= 11 is 4.32. The smallest absolute Gasteiger partial charge is 0.145 e. The van der Waals surface area contributed by atoms with E-state index in [2.05, 4.69) is 24.5 Å². The Balaban J connectivity index is 2.18. The van der Waals surface area contributed by atoms with Gasteiger partial charge in [0.25, 0.3) is 0 Å². The summed E-state index contributed by atoms with van der Waals surface area (Å²) in [6, 6.07) is 10.0. The second-order valence-corrected chi connectivity index (χ2v) is 4.46. The maximum atomic E-state index is 5.85. The van der Waals surface area contributed by atoms with Crippen LogP contribution in [0.3, 0.4) is 0 Å². The molecule has 17 heavy (non-hydrogen) atoms. The van der Waals surface area contributed by atoms with Crippen LogP contribution in [0.15, 0.2) is 36.5 Å². The van der Waals surface area contributed by atoms with Gasteiger partial charge in [0.2, 0.25) is 0 Å². The Bertz CT molecular complexity index is 477. The number of nitrogens with zero attached hydrogens (tertiary/aromatic N) is 1. The molecule has 1 heterocycles. The number of rotatable bonds is 5. The van der Waals surface area contributed by atoms with Crippen LogP contribution >= 0.6 is 12.6 Å². The van der Waals surface area contributed by atoms with E-state index in [1.54, 1.807) is 6.20 Å². The van der Waals surface area contributed by atoms with Gasteiger partial charge in [-0.3, -0.25) is 4.98 Å². The Hall–Kier alpha value is -1.22. The van der Waals surface area contributed by atoms with E-state index in [-0.39, 0.29) is 0 Å². The fourth-order valence-electron chi connectivity index (χ4n) is 1.70. The predicted octanol–water partition coefficient (Wildman–Crippen LogP) is 3.57. The van der Waals surface area contributed by atoms with Gasteiger partial charge < -0.3 is 4.74 Å². The molecule has 0 bridgehead atoms. The molecule has 0 aliphatic heterocycles. The van der Waals surface area contributed by atoms with Crippen molar-refractivity contribution in [3.63, 3.8) is 0 Å². The molecule has 1 atom stereocenters. The van der Waals surface area contributed by atoms with Crippen LogP contribution in [0.25, 0.3) is 10.9 Å². The summed E-state index contributed by atoms with van der Waals surface area (Å²) in [5.41, 5.74) is 0.934. The third-order valence-corrected chi connectivity index (χ3v) is 3.42. The van der Waals surface area contributed by atoms with E-state index in [1.165, 1.54) is 0 Å². The normalized spacial score (nSPS) is 12.6. The number of aromatic nitrogens is 1. The van der Waals surface area contributed by atoms with Crippen molar-refractivity contribution >= 4 is 23.5 Å². The van der Waals surface area contributed by atoms with Gasteiger partial charge in [-0.15, -0.1) is 0 Å². The molecule has 1 unspecified atom stereocenters. The number of ether oxygens (including phenoxy) is 1. The number of hydrogen-bond acceptors (Lipinski definition) is 3. The van der Waals surface area contributed by atoms with E-state index >= 15 is 0 Å². The lowest BCUT2D eigenvalue weighted by Crippen LogP contribution is -2.12. The minimum absolute atomic E-state index is 0.498. The summed E-state index contributed by atoms with van der Waals surface area (Å²) in [5.74, 6) is 2.22. The Labute approximate surface area is 107 Å². The van der Waals surface area contributed by atoms with Crippen molar-refractivity contribution in [3.05, 3.63) is 36.5 Å². The van der Waals surface area contributed by atoms with Crippen molar-refractivity contribution < 1.29 is 4.74 Å². The van der Waals surface area contributed by atoms with Gasteiger partial charge in [0.05, 0.1) is 6.61 Å². The molecular weight excluding hydrogens is 230 g/mol. The maximum absolute atomic E-state index is 5.85. The lowest BCUT2D eigenvalue weighted by atomic mass is 10.1. The van der Waals surface area contributed by atoms with E-state index in [0.29, 0.717) is 12.5 Å². The zero-order valence-corrected chi connectivity index (χ0v) is 10.9. The molecule has 0 N–H and O–H groups in total. The van der Waals surface area contributed by atoms with Crippen molar-refractivity contribution in [2.45, 2.75) is 13.3 Å². The van der Waals surface area contributed by atoms with Gasteiger partial charge in [0.15, 0.2) is 0 Å². The molecule has 0 amide bonds. The van der Waals surface area contributed by atoms with Crippen molar-refractivity contribution in [1.82, 2.24) is 4.98 Å². The lowest BCUT2D eigenvalue weighted by Gasteiger charge is -2.14. The number of hydrogen-bond donors (Lipinski definition) is 1. The topological polar surface area (TPSA) is 22.1 Å². The van der Waals surface area contributed by atoms with Crippen LogP contribution in [0.2, 0.25) is 0 Å². The molecule has 2 nitrogen and oxygen atoms in total. The van der Waals surface area contributed by atoms with Gasteiger partial charge in [-0.05, 0) is 24.3 Å². The number of pyridine rings is 1. The third-order valence-electron chi connectivity index (χ3n) is 2.91. The third kappa shape index (κ3) is 2.91. The molecular formula is C14H17NOS. The van der Waals surface area contributed by atoms with Gasteiger partial charge in [0, 0.05) is 17.5 Å². The van der Waals surface area contributed by atoms with Crippen LogP contribution in [0.1, 0.15) is 13.3 Å². The number of fused-ring (bicyclic) bond motifs is 1. The first kappa shape index (κ1) is 12.2. The average molecular weight is 247 g/mol. The lowest BCUT2D eigenvalue weighted by molar-refractivity contribution is 0.262. The largest absolute Gasteiger partial charge is 0.491 e. The Morgan fingerprint density at radius 3 is 2.88 bits per heavy atom. The van der Waals surface area contributed by atoms with Crippen LogP contribution in [-0.4, -0.2) is 17.3 Å². The first-order valence-electron chi connectivity index (χ1n) is 5.92. The molecule has 2 rings (SSSR count). The van der Waals surface area contributed by atoms with E-state index in [0.717, 1.165) is 28.8 Å². The maximum Gasteiger partial charge on any atom is 0.145 e. The average Bonchev–Trinajstić information content (AvgIpc) is 2.40. The summed E-state index contributed by atoms with van der Waals surface area (Å²) in [6.07, 6.45) is 2.88. The van der Waals surface area contributed by atoms with Crippen LogP contribution in [0, 0.1) is 5.92 Å². The molecule has 3 heteroatoms. The molecule has 0 saturated heterocycles. The number of para-hydroxylation sites is 1. The Morgan fingerprint density at radius 1 is 1.29 bits per heavy atom. The first-order chi connectivity index (χ1) is 8.35. The van der Waals surface area contributed by atoms with Gasteiger partial charge in [0.1, 0.15) is 11.3 Å². The predicted molar refractivity (Wildman–Crippen MR) is 74.9 cm³/mol. The summed E-state index contributed by atoms with van der Waals surface area (Å²) in [4.78, 5) is 4.37. The monoisotopic (exact) mass is 247 g/mol. The van der Waals surface area contributed by atoms with E-state index in [4.69, 9.17) is 4.74 Å². The quantitative estimate of drug-likeness (QED) is 0.816. The molecule has 0 spiro atoms. The molecule has 0 aliphatic carbocycles. The molecule has 0 radical (unpaired) electrons. The second-order valence-electron chi connectivity index (χ2n) is 4.10. The van der Waals surface area contributed by atoms with Crippen molar-refractivity contribution in [2.75, 3.05) is 12.4 Å². The minimum Gasteiger partial charge on any atom is -0.491 e. The Kier molecular flexibility index (Phi) is 4.26. The van der Waals surface area contributed by atoms with Crippen LogP contribution in [0.4, 0.5) is 0 Å². The number of benzene rings is 1. The molecule has 2 aromatic rings. The highest BCUT2D eigenvalue weighted by atomic mass is 32.1. The highest BCUT2D eigenvalue weighted by molar-refractivity contribution is 7.80. The van der Waals surface area contributed by atoms with Crippen LogP contribution in [0.5, 0.6) is 5.75 Å². The Morgan fingerprint density at radius 2 is 2.12 bits per heavy atom. The van der Waals surface area contributed by atoms with Gasteiger partial charge in [-0.25, -0.2) is 0 Å². The summed E-state index contributed by atoms with van der Waals surface area (Å²) in [7, 11) is 0. The zero-order valence-electron chi connectivity index (χ0n) is 9.97. The van der Waals surface area contributed by atoms with E-state index in [1.807, 2.05) is 30.3 Å².